The van der Waals surface area contributed by atoms with E-state index in [-0.39, 0.29) is 5.97 Å². The van der Waals surface area contributed by atoms with Crippen LogP contribution in [-0.2, 0) is 9.53 Å². The molecule has 4 nitrogen and oxygen atoms in total. The highest BCUT2D eigenvalue weighted by Crippen LogP contribution is 1.94. The number of ether oxygens (including phenoxy) is 1. The summed E-state index contributed by atoms with van der Waals surface area (Å²) in [5, 5.41) is 0. The zero-order valence-electron chi connectivity index (χ0n) is 4.94. The van der Waals surface area contributed by atoms with E-state index in [4.69, 9.17) is 0 Å². The lowest BCUT2D eigenvalue weighted by molar-refractivity contribution is -0.140. The zero-order valence-corrected chi connectivity index (χ0v) is 4.94. The molecular formula is C5H6N2O2. The molecule has 0 aromatic carbocycles. The van der Waals surface area contributed by atoms with Gasteiger partial charge in [-0.05, 0) is 0 Å². The molecule has 9 heavy (non-hydrogen) atoms. The van der Waals surface area contributed by atoms with Crippen molar-refractivity contribution in [1.29, 1.82) is 0 Å². The van der Waals surface area contributed by atoms with Crippen molar-refractivity contribution in [3.63, 3.8) is 0 Å². The molecule has 1 heterocycles. The van der Waals surface area contributed by atoms with Gasteiger partial charge in [-0.1, -0.05) is 0 Å². The van der Waals surface area contributed by atoms with Crippen LogP contribution < -0.4 is 0 Å². The lowest BCUT2D eigenvalue weighted by Crippen LogP contribution is -2.19. The minimum Gasteiger partial charge on any atom is -0.467 e. The van der Waals surface area contributed by atoms with Gasteiger partial charge in [-0.2, -0.15) is 0 Å². The van der Waals surface area contributed by atoms with Crippen LogP contribution in [0.25, 0.3) is 0 Å². The molecule has 0 aromatic heterocycles. The van der Waals surface area contributed by atoms with Gasteiger partial charge in [-0.15, -0.1) is 0 Å². The van der Waals surface area contributed by atoms with Crippen LogP contribution >= 0.6 is 0 Å². The normalized spacial score (nSPS) is 22.6. The fraction of sp³-hybridized carbons (Fsp3) is 0.400. The van der Waals surface area contributed by atoms with Crippen molar-refractivity contribution in [2.24, 2.45) is 9.98 Å². The van der Waals surface area contributed by atoms with Gasteiger partial charge in [-0.25, -0.2) is 9.79 Å². The summed E-state index contributed by atoms with van der Waals surface area (Å²) in [4.78, 5) is 17.9. The summed E-state index contributed by atoms with van der Waals surface area (Å²) in [6, 6.07) is -0.505. The van der Waals surface area contributed by atoms with Gasteiger partial charge in [-0.3, -0.25) is 4.99 Å². The van der Waals surface area contributed by atoms with Crippen LogP contribution in [-0.4, -0.2) is 31.7 Å². The van der Waals surface area contributed by atoms with Crippen LogP contribution in [0, 0.1) is 0 Å². The van der Waals surface area contributed by atoms with E-state index in [0.717, 1.165) is 0 Å². The van der Waals surface area contributed by atoms with E-state index in [1.54, 1.807) is 0 Å². The predicted octanol–water partition coefficient (Wildman–Crippen LogP) is -0.359. The number of methoxy groups -OCH3 is 1. The quantitative estimate of drug-likeness (QED) is 0.450. The second-order valence-electron chi connectivity index (χ2n) is 1.53. The van der Waals surface area contributed by atoms with Crippen molar-refractivity contribution in [3.8, 4) is 0 Å². The largest absolute Gasteiger partial charge is 0.467 e. The molecule has 0 fully saturated rings. The highest BCUT2D eigenvalue weighted by atomic mass is 16.5. The first kappa shape index (κ1) is 5.94. The first-order chi connectivity index (χ1) is 4.34. The molecule has 1 aliphatic heterocycles. The Hall–Kier alpha value is -1.19. The van der Waals surface area contributed by atoms with Gasteiger partial charge < -0.3 is 4.74 Å². The lowest BCUT2D eigenvalue weighted by atomic mass is 10.4. The smallest absolute Gasteiger partial charge is 0.336 e. The fourth-order valence-corrected chi connectivity index (χ4v) is 0.511. The molecular weight excluding hydrogens is 120 g/mol. The van der Waals surface area contributed by atoms with Crippen molar-refractivity contribution in [3.05, 3.63) is 0 Å². The van der Waals surface area contributed by atoms with E-state index >= 15 is 0 Å². The summed E-state index contributed by atoms with van der Waals surface area (Å²) in [5.74, 6) is -0.368. The summed E-state index contributed by atoms with van der Waals surface area (Å²) >= 11 is 0. The summed E-state index contributed by atoms with van der Waals surface area (Å²) < 4.78 is 4.39. The van der Waals surface area contributed by atoms with E-state index in [0.29, 0.717) is 0 Å². The fourth-order valence-electron chi connectivity index (χ4n) is 0.511. The topological polar surface area (TPSA) is 51.0 Å². The van der Waals surface area contributed by atoms with Crippen LogP contribution in [0.3, 0.4) is 0 Å². The minimum absolute atomic E-state index is 0.368. The van der Waals surface area contributed by atoms with Crippen molar-refractivity contribution in [2.45, 2.75) is 6.04 Å². The lowest BCUT2D eigenvalue weighted by Gasteiger charge is -1.97. The van der Waals surface area contributed by atoms with Gasteiger partial charge in [0, 0.05) is 6.21 Å². The molecule has 0 radical (unpaired) electrons. The maximum atomic E-state index is 10.6. The maximum Gasteiger partial charge on any atom is 0.336 e. The number of carbonyl (C=O) groups excluding carboxylic acids is 1. The van der Waals surface area contributed by atoms with E-state index in [1.165, 1.54) is 19.7 Å². The Balaban J connectivity index is 2.53. The minimum atomic E-state index is -0.505. The summed E-state index contributed by atoms with van der Waals surface area (Å²) in [5.41, 5.74) is 0. The zero-order chi connectivity index (χ0) is 6.69. The van der Waals surface area contributed by atoms with Gasteiger partial charge in [0.05, 0.1) is 7.11 Å². The monoisotopic (exact) mass is 126 g/mol. The highest BCUT2D eigenvalue weighted by molar-refractivity contribution is 6.00. The van der Waals surface area contributed by atoms with Crippen LogP contribution in [0.1, 0.15) is 0 Å². The third-order valence-corrected chi connectivity index (χ3v) is 0.964. The van der Waals surface area contributed by atoms with Crippen molar-refractivity contribution < 1.29 is 9.53 Å². The molecule has 1 aliphatic rings. The summed E-state index contributed by atoms with van der Waals surface area (Å²) in [6.07, 6.45) is 2.77. The third kappa shape index (κ3) is 1.13. The number of carbonyl (C=O) groups is 1. The molecule has 0 amide bonds. The average Bonchev–Trinajstić information content (AvgIpc) is 2.37. The average molecular weight is 126 g/mol. The molecule has 0 unspecified atom stereocenters. The Kier molecular flexibility index (Phi) is 1.58. The van der Waals surface area contributed by atoms with Gasteiger partial charge in [0.25, 0.3) is 0 Å². The molecule has 0 spiro atoms. The highest BCUT2D eigenvalue weighted by Gasteiger charge is 2.16. The number of esters is 1. The third-order valence-electron chi connectivity index (χ3n) is 0.964. The van der Waals surface area contributed by atoms with Crippen LogP contribution in [0.2, 0.25) is 0 Å². The van der Waals surface area contributed by atoms with Crippen molar-refractivity contribution >= 4 is 18.5 Å². The van der Waals surface area contributed by atoms with Gasteiger partial charge in [0.1, 0.15) is 6.34 Å². The first-order valence-corrected chi connectivity index (χ1v) is 2.47. The van der Waals surface area contributed by atoms with Gasteiger partial charge >= 0.3 is 5.97 Å². The Morgan fingerprint density at radius 1 is 1.78 bits per heavy atom. The van der Waals surface area contributed by atoms with E-state index in [1.807, 2.05) is 0 Å². The van der Waals surface area contributed by atoms with Crippen LogP contribution in [0.4, 0.5) is 0 Å². The van der Waals surface area contributed by atoms with Gasteiger partial charge in [0.15, 0.2) is 6.04 Å². The van der Waals surface area contributed by atoms with Gasteiger partial charge in [0.2, 0.25) is 0 Å². The van der Waals surface area contributed by atoms with E-state index < -0.39 is 6.04 Å². The molecule has 0 bridgehead atoms. The molecule has 48 valence electrons. The summed E-state index contributed by atoms with van der Waals surface area (Å²) in [7, 11) is 1.32. The Morgan fingerprint density at radius 2 is 2.56 bits per heavy atom. The molecule has 1 atom stereocenters. The van der Waals surface area contributed by atoms with Crippen LogP contribution in [0.15, 0.2) is 9.98 Å². The molecule has 0 saturated carbocycles. The maximum absolute atomic E-state index is 10.6. The summed E-state index contributed by atoms with van der Waals surface area (Å²) in [6.45, 7) is 0. The number of hydrogen-bond donors (Lipinski definition) is 0. The molecule has 1 rings (SSSR count). The predicted molar refractivity (Wildman–Crippen MR) is 32.8 cm³/mol. The Labute approximate surface area is 52.3 Å². The van der Waals surface area contributed by atoms with E-state index in [9.17, 15) is 4.79 Å². The first-order valence-electron chi connectivity index (χ1n) is 2.47. The Bertz CT molecular complexity index is 162. The standard InChI is InChI=1S/C5H6N2O2/c1-9-5(8)4-2-6-3-7-4/h2-4H,1H3/t4-/m0/s1. The molecule has 4 heteroatoms. The number of aliphatic imine (C=N–C) groups is 2. The SMILES string of the molecule is COC(=O)[C@@H]1C=NC=N1. The molecule has 0 saturated heterocycles. The number of rotatable bonds is 1. The Morgan fingerprint density at radius 3 is 3.00 bits per heavy atom. The van der Waals surface area contributed by atoms with E-state index in [2.05, 4.69) is 14.7 Å². The number of hydrogen-bond acceptors (Lipinski definition) is 4. The molecule has 0 N–H and O–H groups in total. The second kappa shape index (κ2) is 2.39. The van der Waals surface area contributed by atoms with Crippen LogP contribution in [0.5, 0.6) is 0 Å². The van der Waals surface area contributed by atoms with Crippen molar-refractivity contribution in [2.75, 3.05) is 7.11 Å². The second-order valence-corrected chi connectivity index (χ2v) is 1.53. The molecule has 0 aromatic rings. The number of nitrogens with zero attached hydrogens (tertiary/aromatic N) is 2. The molecule has 0 aliphatic carbocycles. The van der Waals surface area contributed by atoms with Crippen molar-refractivity contribution in [1.82, 2.24) is 0 Å².